The van der Waals surface area contributed by atoms with E-state index < -0.39 is 0 Å². The summed E-state index contributed by atoms with van der Waals surface area (Å²) in [7, 11) is 0. The molecule has 0 amide bonds. The van der Waals surface area contributed by atoms with Gasteiger partial charge in [0.15, 0.2) is 0 Å². The molecule has 4 nitrogen and oxygen atoms in total. The summed E-state index contributed by atoms with van der Waals surface area (Å²) in [6, 6.07) is 0.320. The fourth-order valence-electron chi connectivity index (χ4n) is 1.81. The minimum Gasteiger partial charge on any atom is -0.351 e. The summed E-state index contributed by atoms with van der Waals surface area (Å²) in [5.74, 6) is 1.55. The van der Waals surface area contributed by atoms with Crippen molar-refractivity contribution in [3.8, 4) is 0 Å². The van der Waals surface area contributed by atoms with Gasteiger partial charge in [0.1, 0.15) is 10.8 Å². The molecule has 2 heterocycles. The van der Waals surface area contributed by atoms with E-state index in [9.17, 15) is 0 Å². The Morgan fingerprint density at radius 3 is 2.71 bits per heavy atom. The topological polar surface area (TPSA) is 50.7 Å². The standard InChI is InChI=1S/C11H14N4S2/c1-6-5-16-10(12-6)9(8-3-4-8)14-11-13-7(2)15-17-11/h5,8-9H,3-4H2,1-2H3,(H,13,14,15). The Morgan fingerprint density at radius 2 is 2.18 bits per heavy atom. The molecule has 1 fully saturated rings. The maximum Gasteiger partial charge on any atom is 0.203 e. The van der Waals surface area contributed by atoms with Crippen molar-refractivity contribution in [1.29, 1.82) is 0 Å². The first-order valence-electron chi connectivity index (χ1n) is 5.71. The first-order chi connectivity index (χ1) is 8.22. The number of aryl methyl sites for hydroxylation is 2. The quantitative estimate of drug-likeness (QED) is 0.923. The summed E-state index contributed by atoms with van der Waals surface area (Å²) < 4.78 is 4.20. The summed E-state index contributed by atoms with van der Waals surface area (Å²) in [4.78, 5) is 8.95. The van der Waals surface area contributed by atoms with E-state index in [4.69, 9.17) is 0 Å². The van der Waals surface area contributed by atoms with Crippen LogP contribution in [0, 0.1) is 19.8 Å². The Labute approximate surface area is 108 Å². The van der Waals surface area contributed by atoms with Gasteiger partial charge in [-0.1, -0.05) is 0 Å². The van der Waals surface area contributed by atoms with Crippen LogP contribution in [0.2, 0.25) is 0 Å². The largest absolute Gasteiger partial charge is 0.351 e. The monoisotopic (exact) mass is 266 g/mol. The lowest BCUT2D eigenvalue weighted by Crippen LogP contribution is -2.12. The van der Waals surface area contributed by atoms with Crippen LogP contribution in [0.4, 0.5) is 5.13 Å². The molecule has 0 spiro atoms. The van der Waals surface area contributed by atoms with Gasteiger partial charge in [-0.15, -0.1) is 11.3 Å². The number of hydrogen-bond acceptors (Lipinski definition) is 6. The van der Waals surface area contributed by atoms with Gasteiger partial charge in [-0.3, -0.25) is 0 Å². The molecule has 1 aliphatic rings. The molecule has 2 aromatic heterocycles. The predicted molar refractivity (Wildman–Crippen MR) is 70.6 cm³/mol. The molecule has 1 unspecified atom stereocenters. The number of aromatic nitrogens is 3. The molecule has 3 rings (SSSR count). The molecule has 6 heteroatoms. The van der Waals surface area contributed by atoms with Gasteiger partial charge < -0.3 is 5.32 Å². The zero-order chi connectivity index (χ0) is 11.8. The van der Waals surface area contributed by atoms with Crippen molar-refractivity contribution < 1.29 is 0 Å². The van der Waals surface area contributed by atoms with Gasteiger partial charge in [0.2, 0.25) is 5.13 Å². The molecular weight excluding hydrogens is 252 g/mol. The Balaban J connectivity index is 1.81. The highest BCUT2D eigenvalue weighted by Crippen LogP contribution is 2.43. The van der Waals surface area contributed by atoms with E-state index in [-0.39, 0.29) is 0 Å². The van der Waals surface area contributed by atoms with Gasteiger partial charge in [0.05, 0.1) is 6.04 Å². The zero-order valence-corrected chi connectivity index (χ0v) is 11.4. The van der Waals surface area contributed by atoms with Crippen LogP contribution in [0.1, 0.15) is 35.4 Å². The van der Waals surface area contributed by atoms with Crippen molar-refractivity contribution in [3.63, 3.8) is 0 Å². The van der Waals surface area contributed by atoms with Gasteiger partial charge in [-0.05, 0) is 32.6 Å². The molecule has 0 bridgehead atoms. The van der Waals surface area contributed by atoms with Crippen LogP contribution in [0.15, 0.2) is 5.38 Å². The predicted octanol–water partition coefficient (Wildman–Crippen LogP) is 3.17. The molecule has 17 heavy (non-hydrogen) atoms. The lowest BCUT2D eigenvalue weighted by atomic mass is 10.2. The van der Waals surface area contributed by atoms with Crippen molar-refractivity contribution in [2.45, 2.75) is 32.7 Å². The summed E-state index contributed by atoms with van der Waals surface area (Å²) >= 11 is 3.16. The molecule has 1 N–H and O–H groups in total. The lowest BCUT2D eigenvalue weighted by Gasteiger charge is -2.14. The van der Waals surface area contributed by atoms with Crippen LogP contribution in [0.3, 0.4) is 0 Å². The van der Waals surface area contributed by atoms with E-state index in [2.05, 4.69) is 25.0 Å². The maximum absolute atomic E-state index is 4.59. The summed E-state index contributed by atoms with van der Waals surface area (Å²) in [5.41, 5.74) is 1.10. The molecule has 90 valence electrons. The number of thiazole rings is 1. The average Bonchev–Trinajstić information content (AvgIpc) is 2.92. The van der Waals surface area contributed by atoms with Gasteiger partial charge in [-0.2, -0.15) is 4.37 Å². The van der Waals surface area contributed by atoms with Crippen LogP contribution in [-0.4, -0.2) is 14.3 Å². The van der Waals surface area contributed by atoms with Crippen molar-refractivity contribution >= 4 is 28.0 Å². The molecule has 1 saturated carbocycles. The second-order valence-corrected chi connectivity index (χ2v) is 6.07. The van der Waals surface area contributed by atoms with Gasteiger partial charge in [0, 0.05) is 22.6 Å². The molecule has 0 aliphatic heterocycles. The Kier molecular flexibility index (Phi) is 2.84. The third kappa shape index (κ3) is 2.47. The number of anilines is 1. The maximum atomic E-state index is 4.59. The normalized spacial score (nSPS) is 17.1. The molecule has 0 radical (unpaired) electrons. The second-order valence-electron chi connectivity index (χ2n) is 4.43. The number of hydrogen-bond donors (Lipinski definition) is 1. The summed E-state index contributed by atoms with van der Waals surface area (Å²) in [6.07, 6.45) is 2.57. The molecule has 0 saturated heterocycles. The van der Waals surface area contributed by atoms with Crippen molar-refractivity contribution in [2.24, 2.45) is 5.92 Å². The fourth-order valence-corrected chi connectivity index (χ4v) is 3.37. The van der Waals surface area contributed by atoms with E-state index in [1.54, 1.807) is 11.3 Å². The minimum atomic E-state index is 0.320. The van der Waals surface area contributed by atoms with Crippen LogP contribution in [0.25, 0.3) is 0 Å². The highest BCUT2D eigenvalue weighted by molar-refractivity contribution is 7.10. The number of rotatable bonds is 4. The van der Waals surface area contributed by atoms with Gasteiger partial charge >= 0.3 is 0 Å². The van der Waals surface area contributed by atoms with Crippen LogP contribution in [0.5, 0.6) is 0 Å². The fraction of sp³-hybridized carbons (Fsp3) is 0.545. The van der Waals surface area contributed by atoms with Gasteiger partial charge in [0.25, 0.3) is 0 Å². The third-order valence-electron chi connectivity index (χ3n) is 2.80. The van der Waals surface area contributed by atoms with Crippen molar-refractivity contribution in [2.75, 3.05) is 5.32 Å². The second kappa shape index (κ2) is 4.34. The molecular formula is C11H14N4S2. The lowest BCUT2D eigenvalue weighted by molar-refractivity contribution is 0.671. The molecule has 1 aliphatic carbocycles. The highest BCUT2D eigenvalue weighted by Gasteiger charge is 2.34. The van der Waals surface area contributed by atoms with Crippen molar-refractivity contribution in [3.05, 3.63) is 21.9 Å². The Morgan fingerprint density at radius 1 is 1.35 bits per heavy atom. The summed E-state index contributed by atoms with van der Waals surface area (Å²) in [6.45, 7) is 3.96. The van der Waals surface area contributed by atoms with E-state index in [0.29, 0.717) is 12.0 Å². The van der Waals surface area contributed by atoms with Gasteiger partial charge in [-0.25, -0.2) is 9.97 Å². The van der Waals surface area contributed by atoms with Crippen LogP contribution in [-0.2, 0) is 0 Å². The number of nitrogens with zero attached hydrogens (tertiary/aromatic N) is 3. The summed E-state index contributed by atoms with van der Waals surface area (Å²) in [5, 5.41) is 7.68. The SMILES string of the molecule is Cc1csc(C(Nc2nc(C)ns2)C2CC2)n1. The third-order valence-corrected chi connectivity index (χ3v) is 4.59. The van der Waals surface area contributed by atoms with E-state index in [0.717, 1.165) is 16.6 Å². The van der Waals surface area contributed by atoms with E-state index in [1.807, 2.05) is 13.8 Å². The van der Waals surface area contributed by atoms with E-state index >= 15 is 0 Å². The zero-order valence-electron chi connectivity index (χ0n) is 9.80. The number of nitrogens with one attached hydrogen (secondary N) is 1. The first-order valence-corrected chi connectivity index (χ1v) is 7.36. The Hall–Kier alpha value is -1.01. The van der Waals surface area contributed by atoms with E-state index in [1.165, 1.54) is 29.4 Å². The Bertz CT molecular complexity index is 515. The highest BCUT2D eigenvalue weighted by atomic mass is 32.1. The smallest absolute Gasteiger partial charge is 0.203 e. The average molecular weight is 266 g/mol. The molecule has 2 aromatic rings. The van der Waals surface area contributed by atoms with Crippen molar-refractivity contribution in [1.82, 2.24) is 14.3 Å². The molecule has 1 atom stereocenters. The van der Waals surface area contributed by atoms with Crippen LogP contribution < -0.4 is 5.32 Å². The molecule has 0 aromatic carbocycles. The van der Waals surface area contributed by atoms with Crippen LogP contribution >= 0.6 is 22.9 Å². The minimum absolute atomic E-state index is 0.320. The first kappa shape index (κ1) is 11.1.